The van der Waals surface area contributed by atoms with Crippen LogP contribution in [0.1, 0.15) is 43.4 Å². The molecule has 0 aliphatic rings. The molecule has 0 bridgehead atoms. The van der Waals surface area contributed by atoms with Crippen molar-refractivity contribution in [2.45, 2.75) is 40.2 Å². The largest absolute Gasteiger partial charge is 0.381 e. The van der Waals surface area contributed by atoms with E-state index in [1.165, 1.54) is 12.1 Å². The average molecular weight is 359 g/mol. The van der Waals surface area contributed by atoms with Gasteiger partial charge in [-0.3, -0.25) is 0 Å². The highest BCUT2D eigenvalue weighted by molar-refractivity contribution is 5.64. The summed E-state index contributed by atoms with van der Waals surface area (Å²) in [5, 5.41) is 3.09. The fraction of sp³-hybridized carbons (Fsp3) is 0.381. The fourth-order valence-corrected chi connectivity index (χ4v) is 2.90. The van der Waals surface area contributed by atoms with E-state index in [1.54, 1.807) is 6.20 Å². The van der Waals surface area contributed by atoms with Gasteiger partial charge in [-0.25, -0.2) is 13.8 Å². The third-order valence-corrected chi connectivity index (χ3v) is 4.19. The molecule has 0 fully saturated rings. The molecular weight excluding hydrogens is 332 g/mol. The van der Waals surface area contributed by atoms with E-state index in [9.17, 15) is 8.78 Å². The maximum absolute atomic E-state index is 13.7. The van der Waals surface area contributed by atoms with Crippen molar-refractivity contribution in [1.29, 1.82) is 0 Å². The maximum atomic E-state index is 13.7. The molecule has 1 heterocycles. The predicted molar refractivity (Wildman–Crippen MR) is 104 cm³/mol. The maximum Gasteiger partial charge on any atom is 0.131 e. The number of nitrogens with one attached hydrogen (secondary N) is 1. The summed E-state index contributed by atoms with van der Waals surface area (Å²) in [4.78, 5) is 6.92. The van der Waals surface area contributed by atoms with Gasteiger partial charge in [0.2, 0.25) is 0 Å². The number of aryl methyl sites for hydroxylation is 1. The molecule has 1 aromatic carbocycles. The van der Waals surface area contributed by atoms with Crippen molar-refractivity contribution >= 4 is 11.5 Å². The van der Waals surface area contributed by atoms with Crippen LogP contribution in [0.3, 0.4) is 0 Å². The first kappa shape index (κ1) is 19.9. The lowest BCUT2D eigenvalue weighted by Crippen LogP contribution is -2.26. The van der Waals surface area contributed by atoms with Crippen LogP contribution in [0.25, 0.3) is 5.70 Å². The molecule has 2 rings (SSSR count). The second-order valence-electron chi connectivity index (χ2n) is 6.42. The normalized spacial score (nSPS) is 10.7. The summed E-state index contributed by atoms with van der Waals surface area (Å²) in [5.74, 6) is -0.149. The molecule has 1 N–H and O–H groups in total. The van der Waals surface area contributed by atoms with E-state index in [4.69, 9.17) is 0 Å². The summed E-state index contributed by atoms with van der Waals surface area (Å²) in [7, 11) is 0. The minimum atomic E-state index is -0.579. The molecule has 26 heavy (non-hydrogen) atoms. The molecule has 2 aromatic rings. The lowest BCUT2D eigenvalue weighted by atomic mass is 10.1. The van der Waals surface area contributed by atoms with E-state index in [0.29, 0.717) is 11.3 Å². The van der Waals surface area contributed by atoms with Crippen LogP contribution in [0, 0.1) is 18.6 Å². The zero-order chi connectivity index (χ0) is 19.1. The van der Waals surface area contributed by atoms with Crippen molar-refractivity contribution in [3.8, 4) is 0 Å². The lowest BCUT2D eigenvalue weighted by molar-refractivity contribution is 0.569. The first-order chi connectivity index (χ1) is 12.5. The number of pyridine rings is 1. The van der Waals surface area contributed by atoms with E-state index in [0.717, 1.165) is 48.9 Å². The number of aromatic nitrogens is 1. The van der Waals surface area contributed by atoms with Crippen molar-refractivity contribution < 1.29 is 8.78 Å². The Labute approximate surface area is 154 Å². The van der Waals surface area contributed by atoms with Crippen LogP contribution in [0.4, 0.5) is 14.6 Å². The molecule has 0 saturated carbocycles. The van der Waals surface area contributed by atoms with Crippen molar-refractivity contribution in [3.05, 3.63) is 65.4 Å². The molecule has 3 nitrogen and oxygen atoms in total. The van der Waals surface area contributed by atoms with Crippen molar-refractivity contribution in [3.63, 3.8) is 0 Å². The van der Waals surface area contributed by atoms with Gasteiger partial charge in [0.15, 0.2) is 0 Å². The second-order valence-corrected chi connectivity index (χ2v) is 6.42. The van der Waals surface area contributed by atoms with Crippen LogP contribution < -0.4 is 10.2 Å². The van der Waals surface area contributed by atoms with E-state index in [1.807, 2.05) is 13.0 Å². The van der Waals surface area contributed by atoms with Crippen LogP contribution in [-0.4, -0.2) is 18.1 Å². The molecular formula is C21H27F2N3. The molecule has 0 saturated heterocycles. The molecule has 0 unspecified atom stereocenters. The quantitative estimate of drug-likeness (QED) is 0.679. The van der Waals surface area contributed by atoms with Crippen LogP contribution in [0.15, 0.2) is 37.0 Å². The predicted octanol–water partition coefficient (Wildman–Crippen LogP) is 5.06. The van der Waals surface area contributed by atoms with Gasteiger partial charge in [0, 0.05) is 48.7 Å². The Morgan fingerprint density at radius 2 is 1.85 bits per heavy atom. The number of rotatable bonds is 9. The van der Waals surface area contributed by atoms with Gasteiger partial charge < -0.3 is 10.2 Å². The Kier molecular flexibility index (Phi) is 7.13. The smallest absolute Gasteiger partial charge is 0.131 e. The van der Waals surface area contributed by atoms with Gasteiger partial charge in [0.25, 0.3) is 0 Å². The Bertz CT molecular complexity index is 753. The zero-order valence-corrected chi connectivity index (χ0v) is 15.8. The highest BCUT2D eigenvalue weighted by atomic mass is 19.1. The third kappa shape index (κ3) is 5.04. The number of hydrogen-bond donors (Lipinski definition) is 1. The van der Waals surface area contributed by atoms with Crippen LogP contribution in [0.5, 0.6) is 0 Å². The van der Waals surface area contributed by atoms with Crippen LogP contribution in [-0.2, 0) is 6.54 Å². The molecule has 0 radical (unpaired) electrons. The monoisotopic (exact) mass is 359 g/mol. The number of hydrogen-bond acceptors (Lipinski definition) is 3. The van der Waals surface area contributed by atoms with E-state index < -0.39 is 11.6 Å². The lowest BCUT2D eigenvalue weighted by Gasteiger charge is -2.24. The standard InChI is InChI=1S/C21H27F2N3/c1-5-9-26(10-6-2)21-15(3)11-18(14-25-21)16(4)24-13-17-7-8-19(22)12-20(17)23/h7-8,11-12,14,24H,4-6,9-10,13H2,1-3H3. The Morgan fingerprint density at radius 1 is 1.15 bits per heavy atom. The molecule has 5 heteroatoms. The number of nitrogens with zero attached hydrogens (tertiary/aromatic N) is 2. The SMILES string of the molecule is C=C(NCc1ccc(F)cc1F)c1cnc(N(CCC)CCC)c(C)c1. The summed E-state index contributed by atoms with van der Waals surface area (Å²) in [6.45, 7) is 12.6. The van der Waals surface area contributed by atoms with Gasteiger partial charge in [-0.2, -0.15) is 0 Å². The Hall–Kier alpha value is -2.43. The first-order valence-electron chi connectivity index (χ1n) is 9.04. The van der Waals surface area contributed by atoms with Gasteiger partial charge >= 0.3 is 0 Å². The van der Waals surface area contributed by atoms with E-state index in [2.05, 4.69) is 35.6 Å². The molecule has 140 valence electrons. The van der Waals surface area contributed by atoms with Crippen molar-refractivity contribution in [1.82, 2.24) is 10.3 Å². The highest BCUT2D eigenvalue weighted by Crippen LogP contribution is 2.21. The summed E-state index contributed by atoms with van der Waals surface area (Å²) < 4.78 is 26.7. The van der Waals surface area contributed by atoms with Gasteiger partial charge in [-0.1, -0.05) is 26.5 Å². The van der Waals surface area contributed by atoms with Crippen LogP contribution in [0.2, 0.25) is 0 Å². The second kappa shape index (κ2) is 9.32. The molecule has 0 atom stereocenters. The molecule has 0 spiro atoms. The van der Waals surface area contributed by atoms with Crippen molar-refractivity contribution in [2.24, 2.45) is 0 Å². The third-order valence-electron chi connectivity index (χ3n) is 4.19. The summed E-state index contributed by atoms with van der Waals surface area (Å²) in [6, 6.07) is 5.61. The van der Waals surface area contributed by atoms with E-state index in [-0.39, 0.29) is 6.54 Å². The molecule has 0 aliphatic heterocycles. The minimum absolute atomic E-state index is 0.240. The average Bonchev–Trinajstić information content (AvgIpc) is 2.60. The Morgan fingerprint density at radius 3 is 2.42 bits per heavy atom. The Balaban J connectivity index is 2.08. The highest BCUT2D eigenvalue weighted by Gasteiger charge is 2.11. The summed E-state index contributed by atoms with van der Waals surface area (Å²) in [6.07, 6.45) is 3.93. The topological polar surface area (TPSA) is 28.2 Å². The van der Waals surface area contributed by atoms with Gasteiger partial charge in [-0.05, 0) is 37.5 Å². The minimum Gasteiger partial charge on any atom is -0.381 e. The van der Waals surface area contributed by atoms with Crippen molar-refractivity contribution in [2.75, 3.05) is 18.0 Å². The van der Waals surface area contributed by atoms with Gasteiger partial charge in [-0.15, -0.1) is 0 Å². The molecule has 1 aromatic heterocycles. The number of benzene rings is 1. The molecule has 0 aliphatic carbocycles. The summed E-state index contributed by atoms with van der Waals surface area (Å²) >= 11 is 0. The van der Waals surface area contributed by atoms with Gasteiger partial charge in [0.1, 0.15) is 17.5 Å². The van der Waals surface area contributed by atoms with E-state index >= 15 is 0 Å². The molecule has 0 amide bonds. The van der Waals surface area contributed by atoms with Crippen LogP contribution >= 0.6 is 0 Å². The zero-order valence-electron chi connectivity index (χ0n) is 15.8. The fourth-order valence-electron chi connectivity index (χ4n) is 2.90. The first-order valence-corrected chi connectivity index (χ1v) is 9.04. The number of halogens is 2. The number of anilines is 1. The van der Waals surface area contributed by atoms with Gasteiger partial charge in [0.05, 0.1) is 0 Å². The summed E-state index contributed by atoms with van der Waals surface area (Å²) in [5.41, 5.74) is 3.00.